The van der Waals surface area contributed by atoms with Gasteiger partial charge in [-0.3, -0.25) is 4.79 Å². The first kappa shape index (κ1) is 28.1. The smallest absolute Gasteiger partial charge is 0.302 e. The molecule has 4 rings (SSSR count). The quantitative estimate of drug-likeness (QED) is 0.297. The normalized spacial score (nSPS) is 41.7. The van der Waals surface area contributed by atoms with Crippen LogP contribution in [0, 0.1) is 39.4 Å². The van der Waals surface area contributed by atoms with Gasteiger partial charge in [-0.25, -0.2) is 0 Å². The van der Waals surface area contributed by atoms with E-state index in [-0.39, 0.29) is 28.3 Å². The van der Waals surface area contributed by atoms with Crippen LogP contribution in [0.25, 0.3) is 0 Å². The fraction of sp³-hybridized carbons (Fsp3) is 0.906. The molecule has 0 saturated heterocycles. The van der Waals surface area contributed by atoms with Gasteiger partial charge in [-0.15, -0.1) is 0 Å². The molecule has 0 spiro atoms. The Kier molecular flexibility index (Phi) is 7.12. The maximum atomic E-state index is 11.8. The Bertz CT molecular complexity index is 896. The summed E-state index contributed by atoms with van der Waals surface area (Å²) in [5, 5.41) is 20.6. The molecule has 4 nitrogen and oxygen atoms in total. The van der Waals surface area contributed by atoms with Crippen molar-refractivity contribution >= 4 is 5.97 Å². The summed E-state index contributed by atoms with van der Waals surface area (Å²) in [6.07, 6.45) is 10.5. The van der Waals surface area contributed by atoms with Crippen LogP contribution in [0.2, 0.25) is 0 Å². The maximum absolute atomic E-state index is 11.8. The van der Waals surface area contributed by atoms with E-state index in [4.69, 9.17) is 4.74 Å². The molecule has 206 valence electrons. The number of carbonyl (C=O) groups excluding carboxylic acids is 1. The molecular weight excluding hydrogens is 448 g/mol. The Hall–Kier alpha value is -0.870. The zero-order valence-electron chi connectivity index (χ0n) is 24.7. The molecule has 4 aliphatic carbocycles. The zero-order chi connectivity index (χ0) is 26.9. The van der Waals surface area contributed by atoms with E-state index in [1.807, 2.05) is 0 Å². The van der Waals surface area contributed by atoms with Gasteiger partial charge in [0.2, 0.25) is 0 Å². The van der Waals surface area contributed by atoms with Crippen LogP contribution >= 0.6 is 0 Å². The Labute approximate surface area is 220 Å². The third-order valence-electron chi connectivity index (χ3n) is 12.5. The van der Waals surface area contributed by atoms with E-state index >= 15 is 0 Å². The van der Waals surface area contributed by atoms with Gasteiger partial charge < -0.3 is 14.9 Å². The van der Waals surface area contributed by atoms with Gasteiger partial charge in [0.25, 0.3) is 0 Å². The van der Waals surface area contributed by atoms with Crippen LogP contribution in [0.5, 0.6) is 0 Å². The van der Waals surface area contributed by atoms with Crippen LogP contribution in [0.1, 0.15) is 127 Å². The highest BCUT2D eigenvalue weighted by Gasteiger charge is 2.63. The minimum Gasteiger partial charge on any atom is -0.462 e. The molecular formula is C32H54O4. The molecule has 0 radical (unpaired) electrons. The number of allylic oxidation sites excluding steroid dienone is 2. The number of hydrogen-bond donors (Lipinski definition) is 2. The minimum absolute atomic E-state index is 0.00704. The molecule has 8 atom stereocenters. The van der Waals surface area contributed by atoms with Crippen molar-refractivity contribution < 1.29 is 19.7 Å². The molecule has 0 aromatic carbocycles. The van der Waals surface area contributed by atoms with Crippen LogP contribution in [0.15, 0.2) is 11.1 Å². The fourth-order valence-corrected chi connectivity index (χ4v) is 10.0. The molecule has 0 aromatic rings. The lowest BCUT2D eigenvalue weighted by molar-refractivity contribution is -0.167. The number of aliphatic hydroxyl groups excluding tert-OH is 1. The van der Waals surface area contributed by atoms with E-state index in [2.05, 4.69) is 41.5 Å². The molecule has 2 N–H and O–H groups in total. The molecule has 0 heterocycles. The Morgan fingerprint density at radius 3 is 2.28 bits per heavy atom. The van der Waals surface area contributed by atoms with E-state index in [0.29, 0.717) is 29.6 Å². The molecule has 0 unspecified atom stereocenters. The van der Waals surface area contributed by atoms with Crippen molar-refractivity contribution in [3.8, 4) is 0 Å². The van der Waals surface area contributed by atoms with Crippen LogP contribution in [-0.4, -0.2) is 34.0 Å². The second kappa shape index (κ2) is 9.11. The molecule has 0 aliphatic heterocycles. The largest absolute Gasteiger partial charge is 0.462 e. The fourth-order valence-electron chi connectivity index (χ4n) is 10.0. The standard InChI is InChI=1S/C32H54O4/c1-20(10-13-26(34)29(5,6)35)22-14-18-32(9)24-11-12-25-28(3,4)27(36-21(2)33)16-17-30(25,7)23(24)15-19-31(22,32)8/h20,22,25-27,34-35H,10-19H2,1-9H3/t20-,22-,25-,26+,27-,30-,31-,32+/m1/s1. The van der Waals surface area contributed by atoms with E-state index in [1.54, 1.807) is 31.9 Å². The highest BCUT2D eigenvalue weighted by Crippen LogP contribution is 2.72. The summed E-state index contributed by atoms with van der Waals surface area (Å²) < 4.78 is 5.85. The summed E-state index contributed by atoms with van der Waals surface area (Å²) in [4.78, 5) is 11.8. The molecule has 0 aromatic heterocycles. The van der Waals surface area contributed by atoms with Crippen LogP contribution < -0.4 is 0 Å². The summed E-state index contributed by atoms with van der Waals surface area (Å²) >= 11 is 0. The first-order valence-corrected chi connectivity index (χ1v) is 14.8. The van der Waals surface area contributed by atoms with Crippen molar-refractivity contribution in [3.63, 3.8) is 0 Å². The van der Waals surface area contributed by atoms with Gasteiger partial charge in [-0.2, -0.15) is 0 Å². The third kappa shape index (κ3) is 4.21. The highest BCUT2D eigenvalue weighted by molar-refractivity contribution is 5.66. The van der Waals surface area contributed by atoms with Crippen LogP contribution in [0.3, 0.4) is 0 Å². The Balaban J connectivity index is 1.59. The van der Waals surface area contributed by atoms with E-state index < -0.39 is 11.7 Å². The van der Waals surface area contributed by atoms with E-state index in [1.165, 1.54) is 38.5 Å². The SMILES string of the molecule is CC(=O)O[C@@H]1CC[C@]2(C)C3=C(CC[C@@H]2C1(C)C)[C@]1(C)CC[C@H]([C@H](C)CC[C@H](O)C(C)(C)O)[C@@]1(C)CC3. The molecule has 0 bridgehead atoms. The average molecular weight is 503 g/mol. The predicted octanol–water partition coefficient (Wildman–Crippen LogP) is 7.22. The van der Waals surface area contributed by atoms with E-state index in [9.17, 15) is 15.0 Å². The number of hydrogen-bond acceptors (Lipinski definition) is 4. The number of rotatable bonds is 6. The molecule has 4 heteroatoms. The first-order valence-electron chi connectivity index (χ1n) is 14.8. The van der Waals surface area contributed by atoms with Crippen molar-refractivity contribution in [1.82, 2.24) is 0 Å². The van der Waals surface area contributed by atoms with Gasteiger partial charge in [0.1, 0.15) is 6.10 Å². The zero-order valence-corrected chi connectivity index (χ0v) is 24.7. The van der Waals surface area contributed by atoms with Crippen molar-refractivity contribution in [1.29, 1.82) is 0 Å². The maximum Gasteiger partial charge on any atom is 0.302 e. The van der Waals surface area contributed by atoms with Crippen molar-refractivity contribution in [2.45, 2.75) is 144 Å². The number of ether oxygens (including phenoxy) is 1. The van der Waals surface area contributed by atoms with Crippen LogP contribution in [0.4, 0.5) is 0 Å². The highest BCUT2D eigenvalue weighted by atomic mass is 16.5. The van der Waals surface area contributed by atoms with Gasteiger partial charge in [0, 0.05) is 12.3 Å². The Morgan fingerprint density at radius 1 is 1.00 bits per heavy atom. The predicted molar refractivity (Wildman–Crippen MR) is 145 cm³/mol. The second-order valence-corrected chi connectivity index (χ2v) is 15.0. The molecule has 36 heavy (non-hydrogen) atoms. The summed E-state index contributed by atoms with van der Waals surface area (Å²) in [5.41, 5.74) is 3.25. The molecule has 2 saturated carbocycles. The summed E-state index contributed by atoms with van der Waals surface area (Å²) in [5.74, 6) is 1.61. The second-order valence-electron chi connectivity index (χ2n) is 15.0. The first-order chi connectivity index (χ1) is 16.5. The average Bonchev–Trinajstić information content (AvgIpc) is 3.04. The van der Waals surface area contributed by atoms with E-state index in [0.717, 1.165) is 19.3 Å². The van der Waals surface area contributed by atoms with Crippen molar-refractivity contribution in [2.75, 3.05) is 0 Å². The summed E-state index contributed by atoms with van der Waals surface area (Å²) in [6, 6.07) is 0. The van der Waals surface area contributed by atoms with Gasteiger partial charge >= 0.3 is 5.97 Å². The number of carbonyl (C=O) groups is 1. The lowest BCUT2D eigenvalue weighted by atomic mass is 9.43. The number of esters is 1. The third-order valence-corrected chi connectivity index (χ3v) is 12.5. The molecule has 2 fully saturated rings. The van der Waals surface area contributed by atoms with Gasteiger partial charge in [-0.1, -0.05) is 52.7 Å². The number of fused-ring (bicyclic) bond motifs is 4. The summed E-state index contributed by atoms with van der Waals surface area (Å²) in [7, 11) is 0. The lowest BCUT2D eigenvalue weighted by Crippen LogP contribution is -2.55. The minimum atomic E-state index is -1.03. The summed E-state index contributed by atoms with van der Waals surface area (Å²) in [6.45, 7) is 19.8. The van der Waals surface area contributed by atoms with Crippen LogP contribution in [-0.2, 0) is 9.53 Å². The molecule has 4 aliphatic rings. The topological polar surface area (TPSA) is 66.8 Å². The molecule has 0 amide bonds. The van der Waals surface area contributed by atoms with Gasteiger partial charge in [0.05, 0.1) is 11.7 Å². The van der Waals surface area contributed by atoms with Gasteiger partial charge in [0.15, 0.2) is 0 Å². The van der Waals surface area contributed by atoms with Crippen molar-refractivity contribution in [3.05, 3.63) is 11.1 Å². The Morgan fingerprint density at radius 2 is 1.67 bits per heavy atom. The van der Waals surface area contributed by atoms with Crippen molar-refractivity contribution in [2.24, 2.45) is 39.4 Å². The lowest BCUT2D eigenvalue weighted by Gasteiger charge is -2.62. The number of aliphatic hydroxyl groups is 2. The monoisotopic (exact) mass is 502 g/mol. The van der Waals surface area contributed by atoms with Gasteiger partial charge in [-0.05, 0) is 112 Å².